The van der Waals surface area contributed by atoms with Gasteiger partial charge in [-0.25, -0.2) is 4.39 Å². The molecule has 4 rings (SSSR count). The normalized spacial score (nSPS) is 24.1. The largest absolute Gasteiger partial charge is 0.356 e. The van der Waals surface area contributed by atoms with Crippen LogP contribution in [0.15, 0.2) is 35.2 Å². The van der Waals surface area contributed by atoms with Crippen molar-refractivity contribution < 1.29 is 14.0 Å². The minimum Gasteiger partial charge on any atom is -0.356 e. The summed E-state index contributed by atoms with van der Waals surface area (Å²) in [6.45, 7) is 1.51. The number of anilines is 1. The van der Waals surface area contributed by atoms with Crippen LogP contribution in [0.3, 0.4) is 0 Å². The Morgan fingerprint density at radius 3 is 2.85 bits per heavy atom. The number of thioether (sulfide) groups is 1. The number of halogens is 1. The minimum atomic E-state index is -0.255. The summed E-state index contributed by atoms with van der Waals surface area (Å²) in [5, 5.41) is 11.1. The van der Waals surface area contributed by atoms with Crippen molar-refractivity contribution in [2.45, 2.75) is 49.0 Å². The van der Waals surface area contributed by atoms with Gasteiger partial charge in [-0.3, -0.25) is 9.59 Å². The van der Waals surface area contributed by atoms with E-state index in [0.29, 0.717) is 6.42 Å². The van der Waals surface area contributed by atoms with Crippen LogP contribution in [0.5, 0.6) is 0 Å². The molecule has 7 heteroatoms. The van der Waals surface area contributed by atoms with Crippen LogP contribution in [0.1, 0.15) is 32.6 Å². The molecule has 5 nitrogen and oxygen atoms in total. The second-order valence-corrected chi connectivity index (χ2v) is 8.33. The maximum atomic E-state index is 13.4. The molecule has 0 aromatic heterocycles. The maximum Gasteiger partial charge on any atom is 0.225 e. The number of rotatable bonds is 3. The molecular formula is C20H22FN3O2S. The molecule has 0 spiro atoms. The number of fused-ring (bicyclic) bond motifs is 3. The lowest BCUT2D eigenvalue weighted by molar-refractivity contribution is -0.127. The summed E-state index contributed by atoms with van der Waals surface area (Å²) >= 11 is 1.54. The Hall–Kier alpha value is -2.28. The highest BCUT2D eigenvalue weighted by atomic mass is 32.2. The lowest BCUT2D eigenvalue weighted by Crippen LogP contribution is -2.44. The predicted molar refractivity (Wildman–Crippen MR) is 105 cm³/mol. The van der Waals surface area contributed by atoms with Gasteiger partial charge in [-0.05, 0) is 48.2 Å². The SMILES string of the molecule is CC(=O)N[C@@H]1CCC[C@@H](C(=O)NC2Nc3ccc4cc(F)ccc4c3S2)C1. The van der Waals surface area contributed by atoms with Crippen molar-refractivity contribution >= 4 is 40.0 Å². The molecule has 0 radical (unpaired) electrons. The van der Waals surface area contributed by atoms with E-state index in [1.54, 1.807) is 17.8 Å². The first-order valence-electron chi connectivity index (χ1n) is 9.22. The van der Waals surface area contributed by atoms with E-state index in [0.717, 1.165) is 40.6 Å². The highest BCUT2D eigenvalue weighted by Crippen LogP contribution is 2.42. The zero-order valence-electron chi connectivity index (χ0n) is 15.0. The molecule has 0 bridgehead atoms. The van der Waals surface area contributed by atoms with E-state index >= 15 is 0 Å². The maximum absolute atomic E-state index is 13.4. The smallest absolute Gasteiger partial charge is 0.225 e. The van der Waals surface area contributed by atoms with Crippen LogP contribution < -0.4 is 16.0 Å². The summed E-state index contributed by atoms with van der Waals surface area (Å²) in [5.74, 6) is -0.382. The fraction of sp³-hybridized carbons (Fsp3) is 0.400. The summed E-state index contributed by atoms with van der Waals surface area (Å²) in [6, 6.07) is 8.64. The molecule has 2 amide bonds. The molecule has 142 valence electrons. The molecule has 3 atom stereocenters. The van der Waals surface area contributed by atoms with Crippen molar-refractivity contribution in [1.82, 2.24) is 10.6 Å². The van der Waals surface area contributed by atoms with Crippen LogP contribution in [-0.2, 0) is 9.59 Å². The Labute approximate surface area is 161 Å². The Kier molecular flexibility index (Phi) is 4.95. The van der Waals surface area contributed by atoms with Gasteiger partial charge in [-0.1, -0.05) is 30.3 Å². The highest BCUT2D eigenvalue weighted by Gasteiger charge is 2.31. The third-order valence-corrected chi connectivity index (χ3v) is 6.33. The number of benzene rings is 2. The molecule has 3 N–H and O–H groups in total. The fourth-order valence-corrected chi connectivity index (χ4v) is 5.12. The molecule has 2 aromatic carbocycles. The minimum absolute atomic E-state index is 0.0122. The monoisotopic (exact) mass is 387 g/mol. The number of carbonyl (C=O) groups excluding carboxylic acids is 2. The van der Waals surface area contributed by atoms with Crippen molar-refractivity contribution in [3.63, 3.8) is 0 Å². The number of hydrogen-bond acceptors (Lipinski definition) is 4. The van der Waals surface area contributed by atoms with Gasteiger partial charge >= 0.3 is 0 Å². The van der Waals surface area contributed by atoms with Gasteiger partial charge in [-0.15, -0.1) is 0 Å². The average Bonchev–Trinajstić information content (AvgIpc) is 3.03. The molecule has 1 unspecified atom stereocenters. The molecule has 2 aromatic rings. The van der Waals surface area contributed by atoms with Crippen molar-refractivity contribution in [3.8, 4) is 0 Å². The number of amides is 2. The molecule has 1 aliphatic carbocycles. The topological polar surface area (TPSA) is 70.2 Å². The van der Waals surface area contributed by atoms with Crippen molar-refractivity contribution in [3.05, 3.63) is 36.1 Å². The first-order valence-corrected chi connectivity index (χ1v) is 10.1. The van der Waals surface area contributed by atoms with E-state index in [4.69, 9.17) is 0 Å². The van der Waals surface area contributed by atoms with Crippen molar-refractivity contribution in [1.29, 1.82) is 0 Å². The zero-order valence-corrected chi connectivity index (χ0v) is 15.9. The first-order chi connectivity index (χ1) is 13.0. The second kappa shape index (κ2) is 7.38. The third kappa shape index (κ3) is 3.88. The molecule has 1 fully saturated rings. The van der Waals surface area contributed by atoms with Gasteiger partial charge in [0.05, 0.1) is 5.69 Å². The Morgan fingerprint density at radius 2 is 2.04 bits per heavy atom. The average molecular weight is 387 g/mol. The van der Waals surface area contributed by atoms with E-state index < -0.39 is 0 Å². The Balaban J connectivity index is 1.42. The van der Waals surface area contributed by atoms with Gasteiger partial charge < -0.3 is 16.0 Å². The number of hydrogen-bond donors (Lipinski definition) is 3. The quantitative estimate of drug-likeness (QED) is 0.753. The van der Waals surface area contributed by atoms with Crippen LogP contribution in [0.25, 0.3) is 10.8 Å². The summed E-state index contributed by atoms with van der Waals surface area (Å²) < 4.78 is 13.4. The van der Waals surface area contributed by atoms with Crippen molar-refractivity contribution in [2.75, 3.05) is 5.32 Å². The summed E-state index contributed by atoms with van der Waals surface area (Å²) in [7, 11) is 0. The van der Waals surface area contributed by atoms with Crippen LogP contribution in [0, 0.1) is 11.7 Å². The van der Waals surface area contributed by atoms with Gasteiger partial charge in [0.1, 0.15) is 5.82 Å². The predicted octanol–water partition coefficient (Wildman–Crippen LogP) is 3.59. The van der Waals surface area contributed by atoms with Gasteiger partial charge in [0.25, 0.3) is 0 Å². The van der Waals surface area contributed by atoms with E-state index in [1.165, 1.54) is 19.1 Å². The van der Waals surface area contributed by atoms with E-state index in [-0.39, 0.29) is 35.1 Å². The van der Waals surface area contributed by atoms with Crippen LogP contribution in [-0.4, -0.2) is 23.4 Å². The summed E-state index contributed by atoms with van der Waals surface area (Å²) in [4.78, 5) is 25.0. The molecule has 0 saturated heterocycles. The Morgan fingerprint density at radius 1 is 1.19 bits per heavy atom. The lowest BCUT2D eigenvalue weighted by atomic mass is 9.85. The van der Waals surface area contributed by atoms with Gasteiger partial charge in [0.2, 0.25) is 11.8 Å². The van der Waals surface area contributed by atoms with Crippen LogP contribution in [0.4, 0.5) is 10.1 Å². The van der Waals surface area contributed by atoms with Crippen LogP contribution in [0.2, 0.25) is 0 Å². The molecule has 27 heavy (non-hydrogen) atoms. The second-order valence-electron chi connectivity index (χ2n) is 7.22. The summed E-state index contributed by atoms with van der Waals surface area (Å²) in [6.07, 6.45) is 3.38. The molecule has 1 heterocycles. The number of nitrogens with one attached hydrogen (secondary N) is 3. The molecule has 1 saturated carbocycles. The first kappa shape index (κ1) is 18.1. The highest BCUT2D eigenvalue weighted by molar-refractivity contribution is 8.00. The lowest BCUT2D eigenvalue weighted by Gasteiger charge is -2.29. The fourth-order valence-electron chi connectivity index (χ4n) is 3.96. The zero-order chi connectivity index (χ0) is 19.0. The molecule has 2 aliphatic rings. The summed E-state index contributed by atoms with van der Waals surface area (Å²) in [5.41, 5.74) is 0.702. The van der Waals surface area contributed by atoms with Gasteiger partial charge in [0.15, 0.2) is 5.50 Å². The Bertz CT molecular complexity index is 904. The third-order valence-electron chi connectivity index (χ3n) is 5.18. The molecular weight excluding hydrogens is 365 g/mol. The van der Waals surface area contributed by atoms with Crippen LogP contribution >= 0.6 is 11.8 Å². The van der Waals surface area contributed by atoms with Gasteiger partial charge in [0, 0.05) is 23.8 Å². The van der Waals surface area contributed by atoms with E-state index in [1.807, 2.05) is 12.1 Å². The standard InChI is InChI=1S/C20H22FN3O2S/c1-11(25)22-15-4-2-3-13(10-15)19(26)24-20-23-17-8-5-12-9-14(21)6-7-16(12)18(17)27-20/h5-9,13,15,20,23H,2-4,10H2,1H3,(H,22,25)(H,24,26)/t13-,15-,20?/m1/s1. The molecule has 1 aliphatic heterocycles. The number of carbonyl (C=O) groups is 2. The van der Waals surface area contributed by atoms with E-state index in [9.17, 15) is 14.0 Å². The van der Waals surface area contributed by atoms with Crippen molar-refractivity contribution in [2.24, 2.45) is 5.92 Å². The van der Waals surface area contributed by atoms with E-state index in [2.05, 4.69) is 16.0 Å². The van der Waals surface area contributed by atoms with Gasteiger partial charge in [-0.2, -0.15) is 0 Å².